The number of benzene rings is 2. The second-order valence-electron chi connectivity index (χ2n) is 4.78. The van der Waals surface area contributed by atoms with E-state index in [0.29, 0.717) is 0 Å². The standard InChI is InChI=1S/C18H15O6P/c1-3-15(19)13-9-5-7-11-17(13)23-25(21,22)24-18-12-8-6-10-14(18)16(20)4-2/h3-12H,1-2H2,(H,21,22). The van der Waals surface area contributed by atoms with E-state index in [0.717, 1.165) is 12.2 Å². The van der Waals surface area contributed by atoms with Crippen molar-refractivity contribution in [1.82, 2.24) is 0 Å². The van der Waals surface area contributed by atoms with Crippen LogP contribution in [-0.4, -0.2) is 16.5 Å². The highest BCUT2D eigenvalue weighted by Gasteiger charge is 2.28. The molecule has 6 nitrogen and oxygen atoms in total. The molecule has 0 aromatic heterocycles. The van der Waals surface area contributed by atoms with Crippen LogP contribution in [0.3, 0.4) is 0 Å². The minimum atomic E-state index is -4.66. The minimum Gasteiger partial charge on any atom is -0.394 e. The molecule has 0 amide bonds. The Labute approximate surface area is 144 Å². The first-order valence-corrected chi connectivity index (χ1v) is 8.61. The summed E-state index contributed by atoms with van der Waals surface area (Å²) in [7, 11) is -4.66. The van der Waals surface area contributed by atoms with Crippen LogP contribution in [-0.2, 0) is 4.57 Å². The Morgan fingerprint density at radius 3 is 1.56 bits per heavy atom. The molecule has 128 valence electrons. The lowest BCUT2D eigenvalue weighted by Gasteiger charge is -2.16. The molecule has 2 aromatic rings. The topological polar surface area (TPSA) is 89.9 Å². The Kier molecular flexibility index (Phi) is 5.70. The van der Waals surface area contributed by atoms with E-state index in [-0.39, 0.29) is 22.6 Å². The maximum absolute atomic E-state index is 12.3. The maximum atomic E-state index is 12.3. The molecule has 0 heterocycles. The van der Waals surface area contributed by atoms with Crippen LogP contribution in [0.1, 0.15) is 20.7 Å². The highest BCUT2D eigenvalue weighted by atomic mass is 31.2. The summed E-state index contributed by atoms with van der Waals surface area (Å²) in [6, 6.07) is 11.8. The van der Waals surface area contributed by atoms with Crippen molar-refractivity contribution in [2.45, 2.75) is 0 Å². The van der Waals surface area contributed by atoms with Gasteiger partial charge >= 0.3 is 7.82 Å². The Hall–Kier alpha value is -2.95. The van der Waals surface area contributed by atoms with Crippen LogP contribution in [0.15, 0.2) is 73.8 Å². The number of phosphoric acid groups is 1. The van der Waals surface area contributed by atoms with E-state index in [1.54, 1.807) is 12.1 Å². The Balaban J connectivity index is 2.32. The van der Waals surface area contributed by atoms with Gasteiger partial charge in [-0.2, -0.15) is 0 Å². The summed E-state index contributed by atoms with van der Waals surface area (Å²) in [5.41, 5.74) is 0.122. The Morgan fingerprint density at radius 2 is 1.20 bits per heavy atom. The molecular weight excluding hydrogens is 343 g/mol. The van der Waals surface area contributed by atoms with Gasteiger partial charge in [-0.05, 0) is 36.4 Å². The van der Waals surface area contributed by atoms with Crippen LogP contribution in [0.4, 0.5) is 0 Å². The molecule has 0 aliphatic carbocycles. The molecular formula is C18H15O6P. The van der Waals surface area contributed by atoms with Gasteiger partial charge < -0.3 is 9.05 Å². The maximum Gasteiger partial charge on any atom is 0.584 e. The largest absolute Gasteiger partial charge is 0.584 e. The molecule has 1 N–H and O–H groups in total. The fourth-order valence-corrected chi connectivity index (χ4v) is 2.84. The van der Waals surface area contributed by atoms with E-state index in [2.05, 4.69) is 13.2 Å². The molecule has 0 aliphatic heterocycles. The quantitative estimate of drug-likeness (QED) is 0.436. The van der Waals surface area contributed by atoms with Gasteiger partial charge in [0.15, 0.2) is 11.6 Å². The van der Waals surface area contributed by atoms with Crippen molar-refractivity contribution in [3.05, 3.63) is 85.0 Å². The molecule has 0 radical (unpaired) electrons. The molecule has 0 aliphatic rings. The van der Waals surface area contributed by atoms with Gasteiger partial charge in [0.2, 0.25) is 0 Å². The average Bonchev–Trinajstić information content (AvgIpc) is 2.60. The number of allylic oxidation sites excluding steroid dienone is 2. The molecule has 25 heavy (non-hydrogen) atoms. The van der Waals surface area contributed by atoms with Gasteiger partial charge in [0.1, 0.15) is 11.5 Å². The van der Waals surface area contributed by atoms with Crippen LogP contribution in [0.5, 0.6) is 11.5 Å². The number of hydrogen-bond acceptors (Lipinski definition) is 5. The van der Waals surface area contributed by atoms with Gasteiger partial charge in [0.05, 0.1) is 11.1 Å². The van der Waals surface area contributed by atoms with E-state index in [1.165, 1.54) is 36.4 Å². The average molecular weight is 358 g/mol. The van der Waals surface area contributed by atoms with Crippen LogP contribution in [0, 0.1) is 0 Å². The fourth-order valence-electron chi connectivity index (χ4n) is 1.99. The van der Waals surface area contributed by atoms with E-state index < -0.39 is 19.4 Å². The summed E-state index contributed by atoms with van der Waals surface area (Å²) in [6.45, 7) is 6.74. The van der Waals surface area contributed by atoms with Crippen molar-refractivity contribution < 1.29 is 28.1 Å². The Morgan fingerprint density at radius 1 is 0.840 bits per heavy atom. The lowest BCUT2D eigenvalue weighted by molar-refractivity contribution is 0.103. The fraction of sp³-hybridized carbons (Fsp3) is 0. The number of carbonyl (C=O) groups is 2. The van der Waals surface area contributed by atoms with Crippen LogP contribution in [0.25, 0.3) is 0 Å². The number of para-hydroxylation sites is 2. The number of carbonyl (C=O) groups excluding carboxylic acids is 2. The second kappa shape index (κ2) is 7.75. The first kappa shape index (κ1) is 18.4. The number of ketones is 2. The first-order chi connectivity index (χ1) is 11.9. The minimum absolute atomic E-state index is 0.0610. The summed E-state index contributed by atoms with van der Waals surface area (Å²) in [5.74, 6) is -1.22. The summed E-state index contributed by atoms with van der Waals surface area (Å²) in [4.78, 5) is 33.6. The molecule has 0 saturated heterocycles. The second-order valence-corrected chi connectivity index (χ2v) is 6.08. The van der Waals surface area contributed by atoms with Crippen molar-refractivity contribution >= 4 is 19.4 Å². The smallest absolute Gasteiger partial charge is 0.394 e. The molecule has 2 rings (SSSR count). The third-order valence-electron chi connectivity index (χ3n) is 3.10. The number of phosphoric ester groups is 1. The number of rotatable bonds is 8. The van der Waals surface area contributed by atoms with Crippen molar-refractivity contribution in [3.63, 3.8) is 0 Å². The van der Waals surface area contributed by atoms with E-state index in [1.807, 2.05) is 0 Å². The SMILES string of the molecule is C=CC(=O)c1ccccc1OP(=O)(O)Oc1ccccc1C(=O)C=C. The normalized spacial score (nSPS) is 10.6. The van der Waals surface area contributed by atoms with Crippen molar-refractivity contribution in [1.29, 1.82) is 0 Å². The first-order valence-electron chi connectivity index (χ1n) is 7.11. The predicted octanol–water partition coefficient (Wildman–Crippen LogP) is 3.98. The van der Waals surface area contributed by atoms with Gasteiger partial charge in [-0.1, -0.05) is 37.4 Å². The highest BCUT2D eigenvalue weighted by molar-refractivity contribution is 7.48. The molecule has 0 saturated carbocycles. The zero-order valence-electron chi connectivity index (χ0n) is 13.1. The van der Waals surface area contributed by atoms with Crippen LogP contribution < -0.4 is 9.05 Å². The van der Waals surface area contributed by atoms with Gasteiger partial charge in [-0.25, -0.2) is 4.57 Å². The molecule has 0 bridgehead atoms. The third kappa shape index (κ3) is 4.53. The summed E-state index contributed by atoms with van der Waals surface area (Å²) >= 11 is 0. The van der Waals surface area contributed by atoms with Gasteiger partial charge in [0.25, 0.3) is 0 Å². The van der Waals surface area contributed by atoms with Gasteiger partial charge in [-0.3, -0.25) is 14.5 Å². The lowest BCUT2D eigenvalue weighted by Crippen LogP contribution is -2.06. The molecule has 7 heteroatoms. The van der Waals surface area contributed by atoms with Crippen molar-refractivity contribution in [2.24, 2.45) is 0 Å². The third-order valence-corrected chi connectivity index (χ3v) is 3.96. The Bertz CT molecular complexity index is 817. The zero-order valence-corrected chi connectivity index (χ0v) is 14.0. The zero-order chi connectivity index (χ0) is 18.4. The van der Waals surface area contributed by atoms with E-state index in [9.17, 15) is 19.0 Å². The van der Waals surface area contributed by atoms with E-state index in [4.69, 9.17) is 9.05 Å². The monoisotopic (exact) mass is 358 g/mol. The van der Waals surface area contributed by atoms with Crippen molar-refractivity contribution in [2.75, 3.05) is 0 Å². The summed E-state index contributed by atoms with van der Waals surface area (Å²) in [6.07, 6.45) is 2.12. The van der Waals surface area contributed by atoms with Gasteiger partial charge in [0, 0.05) is 0 Å². The van der Waals surface area contributed by atoms with Gasteiger partial charge in [-0.15, -0.1) is 0 Å². The van der Waals surface area contributed by atoms with Crippen LogP contribution in [0.2, 0.25) is 0 Å². The molecule has 0 atom stereocenters. The summed E-state index contributed by atoms with van der Waals surface area (Å²) in [5, 5.41) is 0. The molecule has 0 spiro atoms. The summed E-state index contributed by atoms with van der Waals surface area (Å²) < 4.78 is 22.3. The lowest BCUT2D eigenvalue weighted by atomic mass is 10.1. The van der Waals surface area contributed by atoms with Crippen LogP contribution >= 0.6 is 7.82 Å². The van der Waals surface area contributed by atoms with E-state index >= 15 is 0 Å². The number of hydrogen-bond donors (Lipinski definition) is 1. The van der Waals surface area contributed by atoms with Crippen molar-refractivity contribution in [3.8, 4) is 11.5 Å². The molecule has 2 aromatic carbocycles. The predicted molar refractivity (Wildman–Crippen MR) is 93.0 cm³/mol. The molecule has 0 fully saturated rings. The highest BCUT2D eigenvalue weighted by Crippen LogP contribution is 2.46. The molecule has 0 unspecified atom stereocenters.